The zero-order valence-electron chi connectivity index (χ0n) is 12.4. The molecule has 0 amide bonds. The van der Waals surface area contributed by atoms with Crippen molar-refractivity contribution >= 4 is 17.3 Å². The molecule has 1 aromatic heterocycles. The molecule has 0 atom stereocenters. The second-order valence-electron chi connectivity index (χ2n) is 5.57. The van der Waals surface area contributed by atoms with Gasteiger partial charge < -0.3 is 9.64 Å². The minimum atomic E-state index is 0.443. The van der Waals surface area contributed by atoms with Gasteiger partial charge in [-0.05, 0) is 31.9 Å². The summed E-state index contributed by atoms with van der Waals surface area (Å²) in [5.41, 5.74) is 1.85. The minimum Gasteiger partial charge on any atom is -0.438 e. The van der Waals surface area contributed by atoms with Gasteiger partial charge in [0.25, 0.3) is 0 Å². The molecule has 0 saturated heterocycles. The Morgan fingerprint density at radius 1 is 1.24 bits per heavy atom. The van der Waals surface area contributed by atoms with Gasteiger partial charge in [0.2, 0.25) is 5.88 Å². The molecule has 0 spiro atoms. The normalized spacial score (nSPS) is 14.1. The lowest BCUT2D eigenvalue weighted by molar-refractivity contribution is 0.454. The van der Waals surface area contributed by atoms with Gasteiger partial charge in [0.15, 0.2) is 0 Å². The van der Waals surface area contributed by atoms with Crippen LogP contribution in [0.5, 0.6) is 11.6 Å². The summed E-state index contributed by atoms with van der Waals surface area (Å²) in [5, 5.41) is 0.477. The molecule has 0 bridgehead atoms. The minimum absolute atomic E-state index is 0.443. The predicted molar refractivity (Wildman–Crippen MR) is 84.6 cm³/mol. The third-order valence-corrected chi connectivity index (χ3v) is 3.92. The van der Waals surface area contributed by atoms with Crippen LogP contribution in [0.4, 0.5) is 5.69 Å². The van der Waals surface area contributed by atoms with Gasteiger partial charge in [0.05, 0.1) is 0 Å². The van der Waals surface area contributed by atoms with E-state index in [0.717, 1.165) is 35.7 Å². The van der Waals surface area contributed by atoms with E-state index >= 15 is 0 Å². The van der Waals surface area contributed by atoms with Crippen LogP contribution in [0.1, 0.15) is 30.1 Å². The highest BCUT2D eigenvalue weighted by atomic mass is 35.5. The summed E-state index contributed by atoms with van der Waals surface area (Å²) >= 11 is 6.20. The Hall–Kier alpha value is -1.81. The highest BCUT2D eigenvalue weighted by Gasteiger charge is 2.28. The number of hydrogen-bond donors (Lipinski definition) is 0. The average Bonchev–Trinajstić information content (AvgIpc) is 3.28. The molecule has 3 rings (SSSR count). The predicted octanol–water partition coefficient (Wildman–Crippen LogP) is 4.17. The van der Waals surface area contributed by atoms with Gasteiger partial charge in [-0.2, -0.15) is 4.98 Å². The number of nitrogens with zero attached hydrogens (tertiary/aromatic N) is 3. The molecular weight excluding hydrogens is 286 g/mol. The van der Waals surface area contributed by atoms with Crippen molar-refractivity contribution in [3.8, 4) is 11.6 Å². The van der Waals surface area contributed by atoms with Crippen molar-refractivity contribution in [2.45, 2.75) is 25.7 Å². The molecule has 1 aliphatic carbocycles. The summed E-state index contributed by atoms with van der Waals surface area (Å²) in [6.45, 7) is 1.88. The maximum Gasteiger partial charge on any atom is 0.226 e. The number of aromatic nitrogens is 2. The molecule has 2 aromatic rings. The van der Waals surface area contributed by atoms with Crippen molar-refractivity contribution in [1.29, 1.82) is 0 Å². The number of rotatable bonds is 4. The molecule has 110 valence electrons. The van der Waals surface area contributed by atoms with Crippen LogP contribution in [0.25, 0.3) is 0 Å². The van der Waals surface area contributed by atoms with Crippen LogP contribution in [0.15, 0.2) is 24.3 Å². The van der Waals surface area contributed by atoms with Crippen LogP contribution in [0.3, 0.4) is 0 Å². The summed E-state index contributed by atoms with van der Waals surface area (Å²) in [5.74, 6) is 2.54. The van der Waals surface area contributed by atoms with Gasteiger partial charge in [0, 0.05) is 37.3 Å². The first-order valence-corrected chi connectivity index (χ1v) is 7.41. The monoisotopic (exact) mass is 303 g/mol. The Bertz CT molecular complexity index is 669. The van der Waals surface area contributed by atoms with Gasteiger partial charge in [-0.3, -0.25) is 0 Å². The zero-order chi connectivity index (χ0) is 15.0. The van der Waals surface area contributed by atoms with Crippen molar-refractivity contribution in [2.75, 3.05) is 19.0 Å². The van der Waals surface area contributed by atoms with Crippen LogP contribution in [-0.2, 0) is 0 Å². The second kappa shape index (κ2) is 5.53. The van der Waals surface area contributed by atoms with Crippen LogP contribution >= 0.6 is 11.6 Å². The maximum absolute atomic E-state index is 6.20. The van der Waals surface area contributed by atoms with E-state index in [2.05, 4.69) is 9.97 Å². The first kappa shape index (κ1) is 14.1. The zero-order valence-corrected chi connectivity index (χ0v) is 13.2. The molecule has 1 heterocycles. The van der Waals surface area contributed by atoms with Crippen LogP contribution < -0.4 is 9.64 Å². The van der Waals surface area contributed by atoms with Crippen molar-refractivity contribution in [3.05, 3.63) is 40.8 Å². The third kappa shape index (κ3) is 3.10. The van der Waals surface area contributed by atoms with E-state index in [1.165, 1.54) is 0 Å². The molecule has 1 fully saturated rings. The Labute approximate surface area is 129 Å². The molecule has 0 N–H and O–H groups in total. The van der Waals surface area contributed by atoms with E-state index in [1.807, 2.05) is 50.2 Å². The molecule has 0 radical (unpaired) electrons. The second-order valence-corrected chi connectivity index (χ2v) is 5.93. The summed E-state index contributed by atoms with van der Waals surface area (Å²) < 4.78 is 5.94. The van der Waals surface area contributed by atoms with Crippen LogP contribution in [0, 0.1) is 6.92 Å². The highest BCUT2D eigenvalue weighted by Crippen LogP contribution is 2.40. The third-order valence-electron chi connectivity index (χ3n) is 3.55. The average molecular weight is 304 g/mol. The molecule has 0 aliphatic heterocycles. The SMILES string of the molecule is Cc1c(Cl)nc(C2CC2)nc1Oc1cccc(N(C)C)c1. The molecule has 0 unspecified atom stereocenters. The van der Waals surface area contributed by atoms with Crippen LogP contribution in [-0.4, -0.2) is 24.1 Å². The maximum atomic E-state index is 6.20. The molecule has 1 saturated carbocycles. The van der Waals surface area contributed by atoms with Crippen molar-refractivity contribution in [2.24, 2.45) is 0 Å². The number of ether oxygens (including phenoxy) is 1. The number of anilines is 1. The van der Waals surface area contributed by atoms with Gasteiger partial charge in [-0.15, -0.1) is 0 Å². The van der Waals surface area contributed by atoms with E-state index in [9.17, 15) is 0 Å². The first-order valence-electron chi connectivity index (χ1n) is 7.04. The van der Waals surface area contributed by atoms with Crippen molar-refractivity contribution < 1.29 is 4.74 Å². The number of halogens is 1. The Kier molecular flexibility index (Phi) is 3.72. The fourth-order valence-corrected chi connectivity index (χ4v) is 2.21. The highest BCUT2D eigenvalue weighted by molar-refractivity contribution is 6.30. The van der Waals surface area contributed by atoms with Gasteiger partial charge >= 0.3 is 0 Å². The van der Waals surface area contributed by atoms with Gasteiger partial charge in [0.1, 0.15) is 16.7 Å². The van der Waals surface area contributed by atoms with E-state index in [-0.39, 0.29) is 0 Å². The van der Waals surface area contributed by atoms with Crippen LogP contribution in [0.2, 0.25) is 5.15 Å². The number of hydrogen-bond acceptors (Lipinski definition) is 4. The van der Waals surface area contributed by atoms with E-state index in [4.69, 9.17) is 16.3 Å². The quantitative estimate of drug-likeness (QED) is 0.794. The molecule has 1 aromatic carbocycles. The summed E-state index contributed by atoms with van der Waals surface area (Å²) in [6.07, 6.45) is 2.27. The Balaban J connectivity index is 1.92. The largest absolute Gasteiger partial charge is 0.438 e. The molecule has 1 aliphatic rings. The molecule has 5 heteroatoms. The van der Waals surface area contributed by atoms with Gasteiger partial charge in [-0.1, -0.05) is 17.7 Å². The Morgan fingerprint density at radius 3 is 2.67 bits per heavy atom. The molecular formula is C16H18ClN3O. The fourth-order valence-electron chi connectivity index (χ4n) is 2.05. The van der Waals surface area contributed by atoms with E-state index in [0.29, 0.717) is 17.0 Å². The van der Waals surface area contributed by atoms with Gasteiger partial charge in [-0.25, -0.2) is 4.98 Å². The summed E-state index contributed by atoms with van der Waals surface area (Å²) in [7, 11) is 3.99. The lowest BCUT2D eigenvalue weighted by atomic mass is 10.3. The lowest BCUT2D eigenvalue weighted by Crippen LogP contribution is -2.08. The summed E-state index contributed by atoms with van der Waals surface area (Å²) in [4.78, 5) is 10.9. The standard InChI is InChI=1S/C16H18ClN3O/c1-10-14(17)18-15(11-7-8-11)19-16(10)21-13-6-4-5-12(9-13)20(2)3/h4-6,9,11H,7-8H2,1-3H3. The first-order chi connectivity index (χ1) is 10.0. The van der Waals surface area contributed by atoms with Crippen molar-refractivity contribution in [3.63, 3.8) is 0 Å². The fraction of sp³-hybridized carbons (Fsp3) is 0.375. The van der Waals surface area contributed by atoms with Crippen molar-refractivity contribution in [1.82, 2.24) is 9.97 Å². The smallest absolute Gasteiger partial charge is 0.226 e. The number of benzene rings is 1. The Morgan fingerprint density at radius 2 is 2.00 bits per heavy atom. The topological polar surface area (TPSA) is 38.3 Å². The molecule has 4 nitrogen and oxygen atoms in total. The van der Waals surface area contributed by atoms with E-state index in [1.54, 1.807) is 0 Å². The van der Waals surface area contributed by atoms with E-state index < -0.39 is 0 Å². The lowest BCUT2D eigenvalue weighted by Gasteiger charge is -2.14. The molecule has 21 heavy (non-hydrogen) atoms. The summed E-state index contributed by atoms with van der Waals surface area (Å²) in [6, 6.07) is 7.89.